The zero-order valence-corrected chi connectivity index (χ0v) is 9.42. The lowest BCUT2D eigenvalue weighted by atomic mass is 10.1. The predicted octanol–water partition coefficient (Wildman–Crippen LogP) is 3.90. The summed E-state index contributed by atoms with van der Waals surface area (Å²) in [6.07, 6.45) is 2.85. The summed E-state index contributed by atoms with van der Waals surface area (Å²) < 4.78 is 0. The first kappa shape index (κ1) is 11.0. The zero-order chi connectivity index (χ0) is 11.7. The summed E-state index contributed by atoms with van der Waals surface area (Å²) in [4.78, 5) is 13.0. The maximum atomic E-state index is 10.8. The number of hydrogen-bond donors (Lipinski definition) is 1. The second-order valence-corrected chi connectivity index (χ2v) is 3.98. The fraction of sp³-hybridized carbons (Fsp3) is 0. The lowest BCUT2D eigenvalue weighted by Crippen LogP contribution is -1.88. The van der Waals surface area contributed by atoms with E-state index in [2.05, 4.69) is 4.98 Å². The molecule has 4 nitrogen and oxygen atoms in total. The Morgan fingerprint density at radius 1 is 1.19 bits per heavy atom. The highest BCUT2D eigenvalue weighted by Gasteiger charge is 2.18. The Balaban J connectivity index is 2.59. The maximum Gasteiger partial charge on any atom is 0.294 e. The molecule has 0 aliphatic heterocycles. The summed E-state index contributed by atoms with van der Waals surface area (Å²) in [6, 6.07) is 4.84. The molecule has 0 unspecified atom stereocenters. The molecule has 0 aliphatic rings. The van der Waals surface area contributed by atoms with E-state index in [4.69, 9.17) is 23.2 Å². The molecule has 0 bridgehead atoms. The normalized spacial score (nSPS) is 10.4. The third-order valence-corrected chi connectivity index (χ3v) is 2.69. The van der Waals surface area contributed by atoms with Gasteiger partial charge in [0, 0.05) is 16.8 Å². The van der Waals surface area contributed by atoms with Crippen molar-refractivity contribution in [2.24, 2.45) is 0 Å². The van der Waals surface area contributed by atoms with E-state index >= 15 is 0 Å². The largest absolute Gasteiger partial charge is 0.361 e. The molecule has 0 atom stereocenters. The van der Waals surface area contributed by atoms with Crippen molar-refractivity contribution in [3.63, 3.8) is 0 Å². The van der Waals surface area contributed by atoms with Crippen LogP contribution in [0.2, 0.25) is 10.0 Å². The highest BCUT2D eigenvalue weighted by Crippen LogP contribution is 2.35. The number of benzene rings is 1. The van der Waals surface area contributed by atoms with Crippen molar-refractivity contribution in [2.45, 2.75) is 0 Å². The molecule has 1 N–H and O–H groups in total. The quantitative estimate of drug-likeness (QED) is 0.655. The Hall–Kier alpha value is -1.52. The van der Waals surface area contributed by atoms with E-state index in [-0.39, 0.29) is 5.69 Å². The van der Waals surface area contributed by atoms with Crippen molar-refractivity contribution in [1.82, 2.24) is 4.98 Å². The van der Waals surface area contributed by atoms with Gasteiger partial charge in [-0.25, -0.2) is 0 Å². The Morgan fingerprint density at radius 2 is 1.94 bits per heavy atom. The van der Waals surface area contributed by atoms with Gasteiger partial charge in [-0.05, 0) is 12.1 Å². The third-order valence-electron chi connectivity index (χ3n) is 2.14. The number of hydrogen-bond acceptors (Lipinski definition) is 2. The van der Waals surface area contributed by atoms with Crippen molar-refractivity contribution in [1.29, 1.82) is 0 Å². The predicted molar refractivity (Wildman–Crippen MR) is 62.9 cm³/mol. The van der Waals surface area contributed by atoms with Crippen molar-refractivity contribution < 1.29 is 4.92 Å². The Morgan fingerprint density at radius 3 is 2.56 bits per heavy atom. The van der Waals surface area contributed by atoms with Gasteiger partial charge in [0.25, 0.3) is 5.69 Å². The molecule has 6 heteroatoms. The van der Waals surface area contributed by atoms with Gasteiger partial charge in [0.15, 0.2) is 0 Å². The molecule has 2 rings (SSSR count). The summed E-state index contributed by atoms with van der Waals surface area (Å²) in [5.41, 5.74) is 1.02. The van der Waals surface area contributed by atoms with Gasteiger partial charge in [0.2, 0.25) is 0 Å². The van der Waals surface area contributed by atoms with Crippen molar-refractivity contribution in [2.75, 3.05) is 0 Å². The molecule has 1 aromatic carbocycles. The minimum Gasteiger partial charge on any atom is -0.361 e. The molecule has 0 fully saturated rings. The molecule has 0 radical (unpaired) electrons. The van der Waals surface area contributed by atoms with Crippen LogP contribution >= 0.6 is 23.2 Å². The smallest absolute Gasteiger partial charge is 0.294 e. The van der Waals surface area contributed by atoms with Gasteiger partial charge in [-0.15, -0.1) is 0 Å². The SMILES string of the molecule is O=[N+]([O-])c1c[nH]cc1-c1ccc(Cl)cc1Cl. The first-order valence-corrected chi connectivity index (χ1v) is 5.12. The second kappa shape index (κ2) is 4.15. The fourth-order valence-electron chi connectivity index (χ4n) is 1.43. The number of aromatic nitrogens is 1. The van der Waals surface area contributed by atoms with Crippen LogP contribution in [-0.2, 0) is 0 Å². The second-order valence-electron chi connectivity index (χ2n) is 3.14. The molecule has 0 saturated carbocycles. The van der Waals surface area contributed by atoms with Crippen LogP contribution in [0.5, 0.6) is 0 Å². The van der Waals surface area contributed by atoms with Crippen LogP contribution in [0.3, 0.4) is 0 Å². The average Bonchev–Trinajstić information content (AvgIpc) is 2.66. The van der Waals surface area contributed by atoms with Crippen molar-refractivity contribution >= 4 is 28.9 Å². The van der Waals surface area contributed by atoms with Gasteiger partial charge < -0.3 is 4.98 Å². The maximum absolute atomic E-state index is 10.8. The standard InChI is InChI=1S/C10H6Cl2N2O2/c11-6-1-2-7(9(12)3-6)8-4-13-5-10(8)14(15)16/h1-5,13H. The number of H-pyrrole nitrogens is 1. The highest BCUT2D eigenvalue weighted by atomic mass is 35.5. The van der Waals surface area contributed by atoms with E-state index < -0.39 is 4.92 Å². The Bertz CT molecular complexity index is 552. The summed E-state index contributed by atoms with van der Waals surface area (Å²) in [5.74, 6) is 0. The summed E-state index contributed by atoms with van der Waals surface area (Å²) in [5, 5.41) is 11.6. The molecule has 0 amide bonds. The van der Waals surface area contributed by atoms with Gasteiger partial charge in [-0.3, -0.25) is 10.1 Å². The number of nitrogens with zero attached hydrogens (tertiary/aromatic N) is 1. The minimum absolute atomic E-state index is 0.00998. The van der Waals surface area contributed by atoms with Gasteiger partial charge in [0.05, 0.1) is 21.7 Å². The molecule has 0 spiro atoms. The van der Waals surface area contributed by atoms with E-state index in [1.807, 2.05) is 0 Å². The van der Waals surface area contributed by atoms with Crippen LogP contribution in [0.1, 0.15) is 0 Å². The molecular weight excluding hydrogens is 251 g/mol. The first-order valence-electron chi connectivity index (χ1n) is 4.36. The van der Waals surface area contributed by atoms with Crippen molar-refractivity contribution in [3.05, 3.63) is 50.8 Å². The van der Waals surface area contributed by atoms with E-state index in [0.717, 1.165) is 0 Å². The fourth-order valence-corrected chi connectivity index (χ4v) is 1.94. The number of halogens is 2. The van der Waals surface area contributed by atoms with Crippen LogP contribution < -0.4 is 0 Å². The molecule has 82 valence electrons. The molecule has 0 aliphatic carbocycles. The van der Waals surface area contributed by atoms with Crippen LogP contribution in [0.4, 0.5) is 5.69 Å². The zero-order valence-electron chi connectivity index (χ0n) is 7.91. The number of aromatic amines is 1. The van der Waals surface area contributed by atoms with E-state index in [1.54, 1.807) is 18.2 Å². The topological polar surface area (TPSA) is 58.9 Å². The molecular formula is C10H6Cl2N2O2. The molecule has 1 heterocycles. The molecule has 0 saturated heterocycles. The van der Waals surface area contributed by atoms with Crippen LogP contribution in [0, 0.1) is 10.1 Å². The van der Waals surface area contributed by atoms with Crippen LogP contribution in [-0.4, -0.2) is 9.91 Å². The third kappa shape index (κ3) is 1.89. The van der Waals surface area contributed by atoms with Gasteiger partial charge >= 0.3 is 0 Å². The van der Waals surface area contributed by atoms with Crippen LogP contribution in [0.15, 0.2) is 30.6 Å². The summed E-state index contributed by atoms with van der Waals surface area (Å²) in [7, 11) is 0. The van der Waals surface area contributed by atoms with E-state index in [1.165, 1.54) is 12.4 Å². The molecule has 2 aromatic rings. The van der Waals surface area contributed by atoms with Gasteiger partial charge in [-0.2, -0.15) is 0 Å². The van der Waals surface area contributed by atoms with E-state index in [9.17, 15) is 10.1 Å². The number of rotatable bonds is 2. The van der Waals surface area contributed by atoms with Gasteiger partial charge in [-0.1, -0.05) is 29.3 Å². The minimum atomic E-state index is -0.462. The summed E-state index contributed by atoms with van der Waals surface area (Å²) in [6.45, 7) is 0. The van der Waals surface area contributed by atoms with Crippen LogP contribution in [0.25, 0.3) is 11.1 Å². The Kier molecular flexibility index (Phi) is 2.85. The first-order chi connectivity index (χ1) is 7.59. The Labute approximate surface area is 101 Å². The van der Waals surface area contributed by atoms with Gasteiger partial charge in [0.1, 0.15) is 0 Å². The lowest BCUT2D eigenvalue weighted by Gasteiger charge is -2.01. The van der Waals surface area contributed by atoms with Crippen molar-refractivity contribution in [3.8, 4) is 11.1 Å². The summed E-state index contributed by atoms with van der Waals surface area (Å²) >= 11 is 11.7. The molecule has 1 aromatic heterocycles. The van der Waals surface area contributed by atoms with E-state index in [0.29, 0.717) is 21.2 Å². The number of nitro groups is 1. The average molecular weight is 257 g/mol. The highest BCUT2D eigenvalue weighted by molar-refractivity contribution is 6.36. The monoisotopic (exact) mass is 256 g/mol. The molecule has 16 heavy (non-hydrogen) atoms. The lowest BCUT2D eigenvalue weighted by molar-refractivity contribution is -0.384. The number of nitrogens with one attached hydrogen (secondary N) is 1.